The molecule has 1 aliphatic heterocycles. The first-order chi connectivity index (χ1) is 15.6. The van der Waals surface area contributed by atoms with E-state index < -0.39 is 0 Å². The molecule has 2 aliphatic rings. The number of aromatic nitrogens is 4. The molecule has 5 rings (SSSR count). The molecule has 3 aromatic heterocycles. The van der Waals surface area contributed by atoms with E-state index in [0.29, 0.717) is 23.5 Å². The number of hydrogen-bond donors (Lipinski definition) is 2. The van der Waals surface area contributed by atoms with Gasteiger partial charge in [-0.05, 0) is 55.1 Å². The van der Waals surface area contributed by atoms with E-state index in [9.17, 15) is 4.79 Å². The maximum Gasteiger partial charge on any atom is 0.270 e. The Morgan fingerprint density at radius 1 is 1.19 bits per heavy atom. The van der Waals surface area contributed by atoms with Crippen LogP contribution in [0.15, 0.2) is 36.7 Å². The summed E-state index contributed by atoms with van der Waals surface area (Å²) in [6, 6.07) is 6.26. The number of hydrogen-bond acceptors (Lipinski definition) is 6. The summed E-state index contributed by atoms with van der Waals surface area (Å²) in [4.78, 5) is 28.3. The Kier molecular flexibility index (Phi) is 5.61. The Morgan fingerprint density at radius 2 is 2.03 bits per heavy atom. The second kappa shape index (κ2) is 8.70. The van der Waals surface area contributed by atoms with Crippen molar-refractivity contribution >= 4 is 34.3 Å². The van der Waals surface area contributed by atoms with Crippen LogP contribution in [0, 0.1) is 0 Å². The first kappa shape index (κ1) is 20.6. The van der Waals surface area contributed by atoms with Crippen LogP contribution >= 0.6 is 0 Å². The molecule has 0 atom stereocenters. The molecule has 166 valence electrons. The summed E-state index contributed by atoms with van der Waals surface area (Å²) in [6.45, 7) is 1.90. The third kappa shape index (κ3) is 3.98. The van der Waals surface area contributed by atoms with Crippen molar-refractivity contribution in [1.29, 1.82) is 0 Å². The van der Waals surface area contributed by atoms with E-state index in [1.54, 1.807) is 25.2 Å². The quantitative estimate of drug-likeness (QED) is 0.640. The Hall–Kier alpha value is -3.26. The number of carbonyl (C=O) groups is 1. The Morgan fingerprint density at radius 3 is 2.72 bits per heavy atom. The van der Waals surface area contributed by atoms with E-state index in [4.69, 9.17) is 4.98 Å². The van der Waals surface area contributed by atoms with Gasteiger partial charge in [0.1, 0.15) is 17.2 Å². The fraction of sp³-hybridized carbons (Fsp3) is 0.417. The number of fused-ring (bicyclic) bond motifs is 1. The van der Waals surface area contributed by atoms with Gasteiger partial charge in [0.15, 0.2) is 0 Å². The van der Waals surface area contributed by atoms with Crippen molar-refractivity contribution in [3.05, 3.63) is 47.9 Å². The highest BCUT2D eigenvalue weighted by atomic mass is 16.2. The summed E-state index contributed by atoms with van der Waals surface area (Å²) >= 11 is 0. The third-order valence-electron chi connectivity index (χ3n) is 6.33. The van der Waals surface area contributed by atoms with Gasteiger partial charge in [-0.1, -0.05) is 18.9 Å². The molecular formula is C24H29N7O. The number of nitrogens with one attached hydrogen (secondary N) is 2. The van der Waals surface area contributed by atoms with E-state index in [-0.39, 0.29) is 5.91 Å². The summed E-state index contributed by atoms with van der Waals surface area (Å²) in [6.07, 6.45) is 11.4. The standard InChI is InChI=1S/C24H29N7O/c1-30(2)23(32)20-13-18-15-27-24(29-22(18)31(20)19-5-3-4-6-19)28-21-8-7-17(14-26-21)16-9-11-25-12-10-16/h7-9,13-15,19,25H,3-6,10-12H2,1-2H3,(H,26,27,28,29). The van der Waals surface area contributed by atoms with Gasteiger partial charge in [0.25, 0.3) is 5.91 Å². The van der Waals surface area contributed by atoms with Crippen LogP contribution in [0.4, 0.5) is 11.8 Å². The highest BCUT2D eigenvalue weighted by Gasteiger charge is 2.26. The molecule has 3 aromatic rings. The highest BCUT2D eigenvalue weighted by molar-refractivity contribution is 5.97. The van der Waals surface area contributed by atoms with E-state index in [2.05, 4.69) is 37.3 Å². The van der Waals surface area contributed by atoms with Gasteiger partial charge in [-0.3, -0.25) is 4.79 Å². The first-order valence-corrected chi connectivity index (χ1v) is 11.3. The number of anilines is 2. The molecule has 0 unspecified atom stereocenters. The maximum atomic E-state index is 12.9. The smallest absolute Gasteiger partial charge is 0.270 e. The van der Waals surface area contributed by atoms with Crippen molar-refractivity contribution in [3.8, 4) is 0 Å². The summed E-state index contributed by atoms with van der Waals surface area (Å²) in [7, 11) is 3.57. The lowest BCUT2D eigenvalue weighted by atomic mass is 10.0. The molecule has 0 bridgehead atoms. The van der Waals surface area contributed by atoms with E-state index >= 15 is 0 Å². The summed E-state index contributed by atoms with van der Waals surface area (Å²) in [5.41, 5.74) is 3.96. The molecule has 32 heavy (non-hydrogen) atoms. The summed E-state index contributed by atoms with van der Waals surface area (Å²) in [5.74, 6) is 1.18. The summed E-state index contributed by atoms with van der Waals surface area (Å²) < 4.78 is 2.12. The minimum atomic E-state index is -0.00566. The average Bonchev–Trinajstić information content (AvgIpc) is 3.47. The van der Waals surface area contributed by atoms with Crippen LogP contribution in [0.3, 0.4) is 0 Å². The van der Waals surface area contributed by atoms with Crippen LogP contribution in [0.2, 0.25) is 0 Å². The molecule has 1 fully saturated rings. The van der Waals surface area contributed by atoms with Crippen LogP contribution in [-0.2, 0) is 0 Å². The molecule has 1 saturated carbocycles. The Balaban J connectivity index is 1.45. The normalized spacial score (nSPS) is 16.9. The Labute approximate surface area is 187 Å². The van der Waals surface area contributed by atoms with Crippen molar-refractivity contribution in [1.82, 2.24) is 29.7 Å². The number of pyridine rings is 1. The molecule has 2 N–H and O–H groups in total. The second-order valence-corrected chi connectivity index (χ2v) is 8.75. The fourth-order valence-corrected chi connectivity index (χ4v) is 4.65. The van der Waals surface area contributed by atoms with Crippen molar-refractivity contribution in [2.45, 2.75) is 38.1 Å². The molecule has 0 spiro atoms. The molecule has 1 amide bonds. The molecule has 0 radical (unpaired) electrons. The average molecular weight is 432 g/mol. The zero-order chi connectivity index (χ0) is 22.1. The van der Waals surface area contributed by atoms with Gasteiger partial charge in [-0.2, -0.15) is 4.98 Å². The zero-order valence-corrected chi connectivity index (χ0v) is 18.6. The van der Waals surface area contributed by atoms with Gasteiger partial charge in [-0.15, -0.1) is 0 Å². The highest BCUT2D eigenvalue weighted by Crippen LogP contribution is 2.35. The van der Waals surface area contributed by atoms with Crippen LogP contribution in [0.5, 0.6) is 0 Å². The number of nitrogens with zero attached hydrogens (tertiary/aromatic N) is 5. The lowest BCUT2D eigenvalue weighted by Gasteiger charge is -2.19. The van der Waals surface area contributed by atoms with Crippen molar-refractivity contribution in [2.24, 2.45) is 0 Å². The minimum absolute atomic E-state index is 0.00566. The SMILES string of the molecule is CN(C)C(=O)c1cc2cnc(Nc3ccc(C4=CCNCC4)cn3)nc2n1C1CCCC1. The van der Waals surface area contributed by atoms with Gasteiger partial charge in [-0.25, -0.2) is 9.97 Å². The van der Waals surface area contributed by atoms with Crippen LogP contribution in [0.1, 0.15) is 54.2 Å². The topological polar surface area (TPSA) is 88.0 Å². The van der Waals surface area contributed by atoms with Crippen LogP contribution in [0.25, 0.3) is 16.6 Å². The summed E-state index contributed by atoms with van der Waals surface area (Å²) in [5, 5.41) is 7.45. The Bertz CT molecular complexity index is 1160. The van der Waals surface area contributed by atoms with Crippen molar-refractivity contribution in [3.63, 3.8) is 0 Å². The zero-order valence-electron chi connectivity index (χ0n) is 18.6. The predicted molar refractivity (Wildman–Crippen MR) is 126 cm³/mol. The number of carbonyl (C=O) groups excluding carboxylic acids is 1. The van der Waals surface area contributed by atoms with Crippen LogP contribution in [-0.4, -0.2) is 57.5 Å². The molecule has 4 heterocycles. The van der Waals surface area contributed by atoms with Gasteiger partial charge in [0.05, 0.1) is 0 Å². The second-order valence-electron chi connectivity index (χ2n) is 8.75. The monoisotopic (exact) mass is 431 g/mol. The van der Waals surface area contributed by atoms with E-state index in [1.807, 2.05) is 18.3 Å². The molecular weight excluding hydrogens is 402 g/mol. The molecule has 0 saturated heterocycles. The molecule has 1 aliphatic carbocycles. The number of amides is 1. The van der Waals surface area contributed by atoms with Crippen molar-refractivity contribution in [2.75, 3.05) is 32.5 Å². The van der Waals surface area contributed by atoms with Gasteiger partial charge in [0, 0.05) is 44.5 Å². The predicted octanol–water partition coefficient (Wildman–Crippen LogP) is 3.76. The molecule has 0 aromatic carbocycles. The molecule has 8 heteroatoms. The van der Waals surface area contributed by atoms with Gasteiger partial charge < -0.3 is 20.1 Å². The van der Waals surface area contributed by atoms with Crippen LogP contribution < -0.4 is 10.6 Å². The molecule has 8 nitrogen and oxygen atoms in total. The third-order valence-corrected chi connectivity index (χ3v) is 6.33. The largest absolute Gasteiger partial charge is 0.343 e. The fourth-order valence-electron chi connectivity index (χ4n) is 4.65. The van der Waals surface area contributed by atoms with E-state index in [0.717, 1.165) is 48.9 Å². The van der Waals surface area contributed by atoms with Crippen molar-refractivity contribution < 1.29 is 4.79 Å². The van der Waals surface area contributed by atoms with Gasteiger partial charge in [0.2, 0.25) is 5.95 Å². The van der Waals surface area contributed by atoms with E-state index in [1.165, 1.54) is 18.4 Å². The minimum Gasteiger partial charge on any atom is -0.343 e. The lowest BCUT2D eigenvalue weighted by Crippen LogP contribution is -2.25. The maximum absolute atomic E-state index is 12.9. The lowest BCUT2D eigenvalue weighted by molar-refractivity contribution is 0.0815. The first-order valence-electron chi connectivity index (χ1n) is 11.3. The number of rotatable bonds is 5. The van der Waals surface area contributed by atoms with Gasteiger partial charge >= 0.3 is 0 Å².